The third kappa shape index (κ3) is 3.30. The van der Waals surface area contributed by atoms with Crippen molar-refractivity contribution < 1.29 is 13.5 Å². The highest BCUT2D eigenvalue weighted by molar-refractivity contribution is 9.10. The van der Waals surface area contributed by atoms with Crippen molar-refractivity contribution in [1.29, 1.82) is 0 Å². The van der Waals surface area contributed by atoms with Crippen molar-refractivity contribution in [3.63, 3.8) is 0 Å². The van der Waals surface area contributed by atoms with E-state index in [4.69, 9.17) is 0 Å². The summed E-state index contributed by atoms with van der Waals surface area (Å²) in [4.78, 5) is 1.19. The van der Waals surface area contributed by atoms with Crippen LogP contribution in [0.2, 0.25) is 0 Å². The van der Waals surface area contributed by atoms with Crippen molar-refractivity contribution in [1.82, 2.24) is 0 Å². The van der Waals surface area contributed by atoms with E-state index in [1.165, 1.54) is 4.88 Å². The second-order valence-corrected chi connectivity index (χ2v) is 8.59. The lowest BCUT2D eigenvalue weighted by molar-refractivity contribution is 0.184. The van der Waals surface area contributed by atoms with Crippen LogP contribution in [0.3, 0.4) is 0 Å². The summed E-state index contributed by atoms with van der Waals surface area (Å²) >= 11 is 5.11. The Morgan fingerprint density at radius 3 is 2.82 bits per heavy atom. The molecule has 1 aromatic heterocycles. The zero-order valence-electron chi connectivity index (χ0n) is 9.30. The van der Waals surface area contributed by atoms with Gasteiger partial charge in [0.15, 0.2) is 9.84 Å². The van der Waals surface area contributed by atoms with Gasteiger partial charge < -0.3 is 5.11 Å². The quantitative estimate of drug-likeness (QED) is 0.914. The van der Waals surface area contributed by atoms with Gasteiger partial charge in [-0.1, -0.05) is 0 Å². The maximum Gasteiger partial charge on any atom is 0.150 e. The minimum Gasteiger partial charge on any atom is -0.396 e. The molecule has 6 heteroatoms. The van der Waals surface area contributed by atoms with Gasteiger partial charge in [-0.2, -0.15) is 0 Å². The Labute approximate surface area is 114 Å². The van der Waals surface area contributed by atoms with Gasteiger partial charge in [-0.25, -0.2) is 8.42 Å². The van der Waals surface area contributed by atoms with E-state index in [0.717, 1.165) is 10.9 Å². The molecular weight excluding hydrogens is 324 g/mol. The molecule has 0 radical (unpaired) electrons. The van der Waals surface area contributed by atoms with Crippen LogP contribution in [-0.2, 0) is 16.3 Å². The maximum absolute atomic E-state index is 11.4. The minimum atomic E-state index is -2.86. The molecule has 2 unspecified atom stereocenters. The number of thiophene rings is 1. The highest BCUT2D eigenvalue weighted by atomic mass is 79.9. The Morgan fingerprint density at radius 2 is 2.35 bits per heavy atom. The molecule has 2 heterocycles. The van der Waals surface area contributed by atoms with E-state index in [1.54, 1.807) is 11.3 Å². The molecule has 1 saturated heterocycles. The van der Waals surface area contributed by atoms with Crippen molar-refractivity contribution in [3.05, 3.63) is 20.8 Å². The number of hydrogen-bond donors (Lipinski definition) is 1. The zero-order chi connectivity index (χ0) is 12.5. The smallest absolute Gasteiger partial charge is 0.150 e. The SMILES string of the molecule is O=S1(=O)CCC(C(CO)Cc2sccc2Br)C1. The van der Waals surface area contributed by atoms with E-state index >= 15 is 0 Å². The molecule has 1 fully saturated rings. The lowest BCUT2D eigenvalue weighted by atomic mass is 9.89. The van der Waals surface area contributed by atoms with Crippen molar-refractivity contribution in [3.8, 4) is 0 Å². The summed E-state index contributed by atoms with van der Waals surface area (Å²) in [5, 5.41) is 11.4. The van der Waals surface area contributed by atoms with Gasteiger partial charge in [0.05, 0.1) is 11.5 Å². The monoisotopic (exact) mass is 338 g/mol. The molecule has 0 bridgehead atoms. The van der Waals surface area contributed by atoms with Crippen LogP contribution in [0.25, 0.3) is 0 Å². The predicted octanol–water partition coefficient (Wildman–Crippen LogP) is 2.10. The molecule has 0 aliphatic carbocycles. The van der Waals surface area contributed by atoms with Gasteiger partial charge in [0, 0.05) is 16.0 Å². The van der Waals surface area contributed by atoms with Crippen LogP contribution in [0.4, 0.5) is 0 Å². The molecule has 3 nitrogen and oxygen atoms in total. The topological polar surface area (TPSA) is 54.4 Å². The fourth-order valence-corrected chi connectivity index (χ4v) is 5.81. The van der Waals surface area contributed by atoms with Gasteiger partial charge >= 0.3 is 0 Å². The van der Waals surface area contributed by atoms with Gasteiger partial charge in [0.2, 0.25) is 0 Å². The summed E-state index contributed by atoms with van der Waals surface area (Å²) in [5.74, 6) is 0.683. The number of rotatable bonds is 4. The average Bonchev–Trinajstić information content (AvgIpc) is 2.82. The Bertz CT molecular complexity index is 481. The number of hydrogen-bond acceptors (Lipinski definition) is 4. The highest BCUT2D eigenvalue weighted by Crippen LogP contribution is 2.32. The number of sulfone groups is 1. The number of aliphatic hydroxyl groups excluding tert-OH is 1. The maximum atomic E-state index is 11.4. The summed E-state index contributed by atoms with van der Waals surface area (Å²) in [6.07, 6.45) is 1.45. The molecule has 1 aliphatic rings. The molecular formula is C11H15BrO3S2. The first-order valence-corrected chi connectivity index (χ1v) is 9.04. The lowest BCUT2D eigenvalue weighted by Crippen LogP contribution is -2.22. The molecule has 0 aromatic carbocycles. The second-order valence-electron chi connectivity index (χ2n) is 4.50. The largest absolute Gasteiger partial charge is 0.396 e. The van der Waals surface area contributed by atoms with E-state index in [-0.39, 0.29) is 29.9 Å². The number of halogens is 1. The first-order chi connectivity index (χ1) is 8.02. The third-order valence-electron chi connectivity index (χ3n) is 3.31. The van der Waals surface area contributed by atoms with Crippen molar-refractivity contribution in [2.24, 2.45) is 11.8 Å². The minimum absolute atomic E-state index is 0.0576. The van der Waals surface area contributed by atoms with Crippen LogP contribution in [-0.4, -0.2) is 31.6 Å². The van der Waals surface area contributed by atoms with Crippen LogP contribution >= 0.6 is 27.3 Å². The number of aliphatic hydroxyl groups is 1. The van der Waals surface area contributed by atoms with Gasteiger partial charge in [-0.15, -0.1) is 11.3 Å². The Hall–Kier alpha value is 0.0900. The molecule has 0 amide bonds. The van der Waals surface area contributed by atoms with E-state index in [0.29, 0.717) is 6.42 Å². The molecule has 1 aliphatic heterocycles. The second kappa shape index (κ2) is 5.38. The zero-order valence-corrected chi connectivity index (χ0v) is 12.5. The van der Waals surface area contributed by atoms with Crippen LogP contribution in [0.5, 0.6) is 0 Å². The molecule has 1 aromatic rings. The molecule has 96 valence electrons. The standard InChI is InChI=1S/C11H15BrO3S2/c12-10-1-3-16-11(10)5-9(6-13)8-2-4-17(14,15)7-8/h1,3,8-9,13H,2,4-7H2. The first-order valence-electron chi connectivity index (χ1n) is 5.55. The fraction of sp³-hybridized carbons (Fsp3) is 0.636. The fourth-order valence-electron chi connectivity index (χ4n) is 2.28. The Morgan fingerprint density at radius 1 is 1.59 bits per heavy atom. The Kier molecular flexibility index (Phi) is 4.28. The molecule has 0 spiro atoms. The Balaban J connectivity index is 2.05. The molecule has 0 saturated carbocycles. The predicted molar refractivity (Wildman–Crippen MR) is 73.1 cm³/mol. The molecule has 1 N–H and O–H groups in total. The van der Waals surface area contributed by atoms with Gasteiger partial charge in [-0.05, 0) is 52.1 Å². The van der Waals surface area contributed by atoms with Crippen molar-refractivity contribution >= 4 is 37.1 Å². The summed E-state index contributed by atoms with van der Waals surface area (Å²) in [6, 6.07) is 1.99. The van der Waals surface area contributed by atoms with Gasteiger partial charge in [0.1, 0.15) is 0 Å². The molecule has 2 atom stereocenters. The van der Waals surface area contributed by atoms with Crippen LogP contribution in [0.1, 0.15) is 11.3 Å². The summed E-state index contributed by atoms with van der Waals surface area (Å²) < 4.78 is 23.9. The van der Waals surface area contributed by atoms with Crippen molar-refractivity contribution in [2.45, 2.75) is 12.8 Å². The van der Waals surface area contributed by atoms with E-state index in [2.05, 4.69) is 15.9 Å². The summed E-state index contributed by atoms with van der Waals surface area (Å²) in [6.45, 7) is 0.0600. The average molecular weight is 339 g/mol. The normalized spacial score (nSPS) is 24.9. The molecule has 2 rings (SSSR count). The van der Waals surface area contributed by atoms with Gasteiger partial charge in [0.25, 0.3) is 0 Å². The van der Waals surface area contributed by atoms with E-state index in [1.807, 2.05) is 11.4 Å². The van der Waals surface area contributed by atoms with Crippen LogP contribution in [0, 0.1) is 11.8 Å². The van der Waals surface area contributed by atoms with Crippen LogP contribution < -0.4 is 0 Å². The third-order valence-corrected chi connectivity index (χ3v) is 7.05. The summed E-state index contributed by atoms with van der Waals surface area (Å²) in [7, 11) is -2.86. The lowest BCUT2D eigenvalue weighted by Gasteiger charge is -2.19. The summed E-state index contributed by atoms with van der Waals surface area (Å²) in [5.41, 5.74) is 0. The van der Waals surface area contributed by atoms with E-state index < -0.39 is 9.84 Å². The highest BCUT2D eigenvalue weighted by Gasteiger charge is 2.33. The molecule has 17 heavy (non-hydrogen) atoms. The van der Waals surface area contributed by atoms with Crippen molar-refractivity contribution in [2.75, 3.05) is 18.1 Å². The first kappa shape index (κ1) is 13.5. The van der Waals surface area contributed by atoms with Crippen LogP contribution in [0.15, 0.2) is 15.9 Å². The van der Waals surface area contributed by atoms with Gasteiger partial charge in [-0.3, -0.25) is 0 Å². The van der Waals surface area contributed by atoms with E-state index in [9.17, 15) is 13.5 Å².